The Kier molecular flexibility index (Phi) is 66.3. The first-order chi connectivity index (χ1) is 41.0. The first-order valence-electron chi connectivity index (χ1n) is 34.7. The van der Waals surface area contributed by atoms with Crippen LogP contribution in [-0.2, 0) is 28.6 Å². The molecular weight excluding hydrogens is 1020 g/mol. The minimum absolute atomic E-state index is 0.103. The monoisotopic (exact) mass is 1150 g/mol. The summed E-state index contributed by atoms with van der Waals surface area (Å²) in [6, 6.07) is 0. The van der Waals surface area contributed by atoms with Crippen LogP contribution in [0.15, 0.2) is 134 Å². The predicted molar refractivity (Wildman–Crippen MR) is 362 cm³/mol. The van der Waals surface area contributed by atoms with E-state index >= 15 is 0 Å². The van der Waals surface area contributed by atoms with Crippen LogP contribution in [0.3, 0.4) is 0 Å². The molecule has 0 N–H and O–H groups in total. The molecule has 0 radical (unpaired) electrons. The zero-order valence-electron chi connectivity index (χ0n) is 54.2. The maximum atomic E-state index is 12.9. The molecule has 0 aromatic heterocycles. The Morgan fingerprint density at radius 3 is 0.807 bits per heavy atom. The van der Waals surface area contributed by atoms with Crippen molar-refractivity contribution in [3.8, 4) is 0 Å². The minimum Gasteiger partial charge on any atom is -0.462 e. The number of esters is 3. The van der Waals surface area contributed by atoms with E-state index in [1.54, 1.807) is 0 Å². The van der Waals surface area contributed by atoms with Gasteiger partial charge in [0.2, 0.25) is 0 Å². The molecule has 0 amide bonds. The smallest absolute Gasteiger partial charge is 0.306 e. The van der Waals surface area contributed by atoms with Crippen molar-refractivity contribution in [1.82, 2.24) is 0 Å². The molecule has 0 aromatic carbocycles. The van der Waals surface area contributed by atoms with Crippen LogP contribution < -0.4 is 0 Å². The fraction of sp³-hybridized carbons (Fsp3) is 0.675. The number of carbonyl (C=O) groups is 3. The van der Waals surface area contributed by atoms with Crippen LogP contribution in [0.5, 0.6) is 0 Å². The lowest BCUT2D eigenvalue weighted by atomic mass is 10.0. The van der Waals surface area contributed by atoms with Crippen LogP contribution in [0.4, 0.5) is 0 Å². The van der Waals surface area contributed by atoms with Crippen molar-refractivity contribution in [1.29, 1.82) is 0 Å². The lowest BCUT2D eigenvalue weighted by Gasteiger charge is -2.18. The number of hydrogen-bond donors (Lipinski definition) is 0. The summed E-state index contributed by atoms with van der Waals surface area (Å²) in [5.41, 5.74) is 0. The SMILES string of the molecule is CC/C=C\C/C=C\C/C=C\C/C=C\C/C=C\CCCCCCCCCCCCCCCC(=O)OCC(COC(=O)CC/C=C\C/C=C\C/C=C\C/C=C\CC)OC(=O)CCCCCCCCCCCCC/C=C\C/C=C\CCCCCCC. The Labute approximate surface area is 513 Å². The van der Waals surface area contributed by atoms with Crippen molar-refractivity contribution < 1.29 is 28.6 Å². The summed E-state index contributed by atoms with van der Waals surface area (Å²) in [6.45, 7) is 6.36. The lowest BCUT2D eigenvalue weighted by molar-refractivity contribution is -0.166. The van der Waals surface area contributed by atoms with Crippen LogP contribution in [0.2, 0.25) is 0 Å². The fourth-order valence-electron chi connectivity index (χ4n) is 9.52. The summed E-state index contributed by atoms with van der Waals surface area (Å²) >= 11 is 0. The predicted octanol–water partition coefficient (Wildman–Crippen LogP) is 24.1. The molecule has 0 aliphatic carbocycles. The second kappa shape index (κ2) is 70.0. The van der Waals surface area contributed by atoms with E-state index in [0.717, 1.165) is 103 Å². The minimum atomic E-state index is -0.813. The molecule has 6 heteroatoms. The fourth-order valence-corrected chi connectivity index (χ4v) is 9.52. The van der Waals surface area contributed by atoms with E-state index in [9.17, 15) is 14.4 Å². The maximum absolute atomic E-state index is 12.9. The molecule has 0 aromatic rings. The van der Waals surface area contributed by atoms with Gasteiger partial charge in [-0.25, -0.2) is 0 Å². The standard InChI is InChI=1S/C77H128O6/c1-4-7-10-13-16-19-22-25-27-29-31-33-35-36-37-38-39-40-42-43-45-47-49-52-55-58-61-64-67-70-76(79)82-73-74(72-81-75(78)69-66-63-60-57-54-51-24-21-18-15-12-9-6-3)83-77(80)71-68-65-62-59-56-53-50-48-46-44-41-34-32-30-28-26-23-20-17-14-11-8-5-2/h7,9-10,12,16,18-19,21,23,25-27,30-33,36-37,51,54,60,63,74H,4-6,8,11,13-15,17,20,22,24,28-29,34-35,38-50,52-53,55-59,61-62,64-73H2,1-3H3/b10-7-,12-9-,19-16-,21-18-,26-23-,27-25-,32-30-,33-31-,37-36-,54-51-,63-60-. The number of carbonyl (C=O) groups excluding carboxylic acids is 3. The maximum Gasteiger partial charge on any atom is 0.306 e. The molecule has 0 saturated carbocycles. The average molecular weight is 1150 g/mol. The molecule has 0 heterocycles. The molecule has 0 bridgehead atoms. The van der Waals surface area contributed by atoms with Gasteiger partial charge in [-0.1, -0.05) is 309 Å². The van der Waals surface area contributed by atoms with Gasteiger partial charge < -0.3 is 14.2 Å². The first-order valence-corrected chi connectivity index (χ1v) is 34.7. The van der Waals surface area contributed by atoms with Crippen molar-refractivity contribution in [2.45, 2.75) is 322 Å². The molecule has 83 heavy (non-hydrogen) atoms. The lowest BCUT2D eigenvalue weighted by Crippen LogP contribution is -2.30. The average Bonchev–Trinajstić information content (AvgIpc) is 3.49. The van der Waals surface area contributed by atoms with Gasteiger partial charge >= 0.3 is 17.9 Å². The quantitative estimate of drug-likeness (QED) is 0.0261. The van der Waals surface area contributed by atoms with Gasteiger partial charge in [-0.05, 0) is 122 Å². The second-order valence-electron chi connectivity index (χ2n) is 22.7. The number of allylic oxidation sites excluding steroid dienone is 22. The molecule has 0 spiro atoms. The van der Waals surface area contributed by atoms with E-state index < -0.39 is 6.10 Å². The van der Waals surface area contributed by atoms with E-state index in [4.69, 9.17) is 14.2 Å². The normalized spacial score (nSPS) is 13.0. The zero-order chi connectivity index (χ0) is 59.9. The third-order valence-electron chi connectivity index (χ3n) is 14.6. The molecule has 0 aliphatic rings. The highest BCUT2D eigenvalue weighted by Gasteiger charge is 2.19. The van der Waals surface area contributed by atoms with E-state index in [-0.39, 0.29) is 37.5 Å². The van der Waals surface area contributed by atoms with Gasteiger partial charge in [0.1, 0.15) is 13.2 Å². The second-order valence-corrected chi connectivity index (χ2v) is 22.7. The van der Waals surface area contributed by atoms with Crippen molar-refractivity contribution in [2.24, 2.45) is 0 Å². The summed E-state index contributed by atoms with van der Waals surface area (Å²) in [6.07, 6.45) is 99.2. The topological polar surface area (TPSA) is 78.9 Å². The molecule has 0 saturated heterocycles. The molecule has 0 fully saturated rings. The Balaban J connectivity index is 4.31. The van der Waals surface area contributed by atoms with Gasteiger partial charge in [0, 0.05) is 19.3 Å². The summed E-state index contributed by atoms with van der Waals surface area (Å²) in [7, 11) is 0. The number of rotatable bonds is 62. The van der Waals surface area contributed by atoms with Gasteiger partial charge in [0.25, 0.3) is 0 Å². The molecule has 472 valence electrons. The van der Waals surface area contributed by atoms with Crippen LogP contribution >= 0.6 is 0 Å². The third-order valence-corrected chi connectivity index (χ3v) is 14.6. The van der Waals surface area contributed by atoms with E-state index in [0.29, 0.717) is 19.3 Å². The molecule has 0 aliphatic heterocycles. The summed E-state index contributed by atoms with van der Waals surface area (Å²) in [4.78, 5) is 38.4. The largest absolute Gasteiger partial charge is 0.462 e. The van der Waals surface area contributed by atoms with Gasteiger partial charge in [-0.15, -0.1) is 0 Å². The van der Waals surface area contributed by atoms with Crippen LogP contribution in [0.1, 0.15) is 316 Å². The van der Waals surface area contributed by atoms with Crippen molar-refractivity contribution in [2.75, 3.05) is 13.2 Å². The van der Waals surface area contributed by atoms with Gasteiger partial charge in [0.05, 0.1) is 0 Å². The summed E-state index contributed by atoms with van der Waals surface area (Å²) < 4.78 is 16.9. The molecule has 1 unspecified atom stereocenters. The van der Waals surface area contributed by atoms with Gasteiger partial charge in [0.15, 0.2) is 6.10 Å². The van der Waals surface area contributed by atoms with Crippen LogP contribution in [0, 0.1) is 0 Å². The number of hydrogen-bond acceptors (Lipinski definition) is 6. The summed E-state index contributed by atoms with van der Waals surface area (Å²) in [5.74, 6) is -0.984. The number of unbranched alkanes of at least 4 members (excludes halogenated alkanes) is 29. The molecule has 1 atom stereocenters. The number of ether oxygens (including phenoxy) is 3. The Hall–Kier alpha value is -4.45. The molecule has 0 rings (SSSR count). The van der Waals surface area contributed by atoms with E-state index in [2.05, 4.69) is 148 Å². The molecule has 6 nitrogen and oxygen atoms in total. The van der Waals surface area contributed by atoms with Gasteiger partial charge in [-0.3, -0.25) is 14.4 Å². The Bertz CT molecular complexity index is 1750. The van der Waals surface area contributed by atoms with Gasteiger partial charge in [-0.2, -0.15) is 0 Å². The van der Waals surface area contributed by atoms with Crippen molar-refractivity contribution in [3.63, 3.8) is 0 Å². The third kappa shape index (κ3) is 68.2. The zero-order valence-corrected chi connectivity index (χ0v) is 54.2. The Morgan fingerprint density at radius 1 is 0.253 bits per heavy atom. The van der Waals surface area contributed by atoms with Crippen molar-refractivity contribution >= 4 is 17.9 Å². The highest BCUT2D eigenvalue weighted by Crippen LogP contribution is 2.16. The van der Waals surface area contributed by atoms with E-state index in [1.807, 2.05) is 6.08 Å². The first kappa shape index (κ1) is 78.5. The van der Waals surface area contributed by atoms with Crippen LogP contribution in [-0.4, -0.2) is 37.2 Å². The summed E-state index contributed by atoms with van der Waals surface area (Å²) in [5, 5.41) is 0. The molecular formula is C77H128O6. The highest BCUT2D eigenvalue weighted by molar-refractivity contribution is 5.71. The highest BCUT2D eigenvalue weighted by atomic mass is 16.6. The van der Waals surface area contributed by atoms with Crippen LogP contribution in [0.25, 0.3) is 0 Å². The van der Waals surface area contributed by atoms with Crippen molar-refractivity contribution in [3.05, 3.63) is 134 Å². The van der Waals surface area contributed by atoms with E-state index in [1.165, 1.54) is 167 Å². The Morgan fingerprint density at radius 2 is 0.494 bits per heavy atom.